The molecule has 0 amide bonds. The van der Waals surface area contributed by atoms with E-state index in [4.69, 9.17) is 5.11 Å². The first-order chi connectivity index (χ1) is 9.04. The first kappa shape index (κ1) is 14.2. The third-order valence-electron chi connectivity index (χ3n) is 3.52. The number of carboxylic acid groups (broad SMARTS) is 1. The van der Waals surface area contributed by atoms with Crippen LogP contribution in [0.3, 0.4) is 0 Å². The van der Waals surface area contributed by atoms with Gasteiger partial charge in [-0.15, -0.1) is 11.3 Å². The van der Waals surface area contributed by atoms with E-state index >= 15 is 0 Å². The second-order valence-corrected chi connectivity index (χ2v) is 6.08. The molecule has 2 heterocycles. The minimum absolute atomic E-state index is 0.597. The largest absolute Gasteiger partial charge is 0.478 e. The minimum atomic E-state index is -0.902. The second-order valence-electron chi connectivity index (χ2n) is 5.08. The van der Waals surface area contributed by atoms with Crippen molar-refractivity contribution in [3.8, 4) is 0 Å². The van der Waals surface area contributed by atoms with E-state index in [-0.39, 0.29) is 0 Å². The Hall–Kier alpha value is -1.17. The summed E-state index contributed by atoms with van der Waals surface area (Å²) in [7, 11) is 2.17. The van der Waals surface area contributed by atoms with Crippen molar-refractivity contribution >= 4 is 23.4 Å². The van der Waals surface area contributed by atoms with Crippen molar-refractivity contribution in [1.29, 1.82) is 0 Å². The Labute approximate surface area is 118 Å². The molecule has 0 aromatic carbocycles. The standard InChI is InChI=1S/C14H20N2O2S/c1-11-8-16(6-5-15(11)2)9-13-7-12(10-19-13)3-4-14(17)18/h3-4,7,10-11H,5-6,8-9H2,1-2H3,(H,17,18). The highest BCUT2D eigenvalue weighted by molar-refractivity contribution is 7.10. The maximum atomic E-state index is 10.5. The molecule has 1 aliphatic rings. The molecule has 1 aromatic rings. The van der Waals surface area contributed by atoms with Gasteiger partial charge in [0.1, 0.15) is 0 Å². The number of nitrogens with zero attached hydrogens (tertiary/aromatic N) is 2. The van der Waals surface area contributed by atoms with Gasteiger partial charge in [0.05, 0.1) is 0 Å². The predicted octanol–water partition coefficient (Wildman–Crippen LogP) is 1.98. The van der Waals surface area contributed by atoms with Gasteiger partial charge in [0.25, 0.3) is 0 Å². The average molecular weight is 280 g/mol. The Morgan fingerprint density at radius 3 is 3.05 bits per heavy atom. The minimum Gasteiger partial charge on any atom is -0.478 e. The summed E-state index contributed by atoms with van der Waals surface area (Å²) in [5.74, 6) is -0.902. The zero-order valence-corrected chi connectivity index (χ0v) is 12.2. The first-order valence-electron chi connectivity index (χ1n) is 6.45. The van der Waals surface area contributed by atoms with Crippen molar-refractivity contribution in [3.05, 3.63) is 28.0 Å². The quantitative estimate of drug-likeness (QED) is 0.857. The van der Waals surface area contributed by atoms with Gasteiger partial charge >= 0.3 is 5.97 Å². The first-order valence-corrected chi connectivity index (χ1v) is 7.33. The molecule has 1 atom stereocenters. The van der Waals surface area contributed by atoms with Crippen LogP contribution in [0.15, 0.2) is 17.5 Å². The van der Waals surface area contributed by atoms with Gasteiger partial charge < -0.3 is 10.0 Å². The van der Waals surface area contributed by atoms with Crippen LogP contribution in [-0.4, -0.2) is 53.6 Å². The fourth-order valence-electron chi connectivity index (χ4n) is 2.22. The van der Waals surface area contributed by atoms with Gasteiger partial charge in [0.15, 0.2) is 0 Å². The fourth-order valence-corrected chi connectivity index (χ4v) is 3.12. The Morgan fingerprint density at radius 1 is 1.58 bits per heavy atom. The average Bonchev–Trinajstić information content (AvgIpc) is 2.79. The highest BCUT2D eigenvalue weighted by Gasteiger charge is 2.20. The van der Waals surface area contributed by atoms with Crippen molar-refractivity contribution in [3.63, 3.8) is 0 Å². The van der Waals surface area contributed by atoms with Crippen LogP contribution in [0.2, 0.25) is 0 Å². The molecular formula is C14H20N2O2S. The van der Waals surface area contributed by atoms with E-state index in [2.05, 4.69) is 29.8 Å². The Morgan fingerprint density at radius 2 is 2.37 bits per heavy atom. The van der Waals surface area contributed by atoms with Gasteiger partial charge in [-0.1, -0.05) is 0 Å². The van der Waals surface area contributed by atoms with E-state index in [1.165, 1.54) is 11.0 Å². The van der Waals surface area contributed by atoms with E-state index < -0.39 is 5.97 Å². The topological polar surface area (TPSA) is 43.8 Å². The molecule has 1 aromatic heterocycles. The maximum absolute atomic E-state index is 10.5. The summed E-state index contributed by atoms with van der Waals surface area (Å²) in [6.45, 7) is 6.51. The molecule has 0 saturated carbocycles. The summed E-state index contributed by atoms with van der Waals surface area (Å²) in [4.78, 5) is 16.6. The number of likely N-dealkylation sites (N-methyl/N-ethyl adjacent to an activating group) is 1. The summed E-state index contributed by atoms with van der Waals surface area (Å²) in [6, 6.07) is 2.67. The van der Waals surface area contributed by atoms with E-state index in [1.54, 1.807) is 17.4 Å². The van der Waals surface area contributed by atoms with Crippen LogP contribution < -0.4 is 0 Å². The highest BCUT2D eigenvalue weighted by Crippen LogP contribution is 2.19. The van der Waals surface area contributed by atoms with Crippen molar-refractivity contribution in [1.82, 2.24) is 9.80 Å². The van der Waals surface area contributed by atoms with Gasteiger partial charge in [-0.3, -0.25) is 4.90 Å². The summed E-state index contributed by atoms with van der Waals surface area (Å²) >= 11 is 1.70. The Balaban J connectivity index is 1.91. The van der Waals surface area contributed by atoms with Crippen LogP contribution in [0.25, 0.3) is 6.08 Å². The zero-order valence-electron chi connectivity index (χ0n) is 11.4. The summed E-state index contributed by atoms with van der Waals surface area (Å²) < 4.78 is 0. The number of rotatable bonds is 4. The molecule has 19 heavy (non-hydrogen) atoms. The Bertz CT molecular complexity index is 470. The maximum Gasteiger partial charge on any atom is 0.328 e. The Kier molecular flexibility index (Phi) is 4.74. The molecule has 5 heteroatoms. The molecule has 1 saturated heterocycles. The van der Waals surface area contributed by atoms with Crippen LogP contribution in [0.5, 0.6) is 0 Å². The van der Waals surface area contributed by atoms with Crippen molar-refractivity contribution in [2.75, 3.05) is 26.7 Å². The van der Waals surface area contributed by atoms with Gasteiger partial charge in [-0.2, -0.15) is 0 Å². The van der Waals surface area contributed by atoms with Crippen LogP contribution in [-0.2, 0) is 11.3 Å². The zero-order chi connectivity index (χ0) is 13.8. The lowest BCUT2D eigenvalue weighted by atomic mass is 10.2. The summed E-state index contributed by atoms with van der Waals surface area (Å²) in [5, 5.41) is 10.6. The summed E-state index contributed by atoms with van der Waals surface area (Å²) in [6.07, 6.45) is 2.83. The molecule has 0 aliphatic carbocycles. The number of piperazine rings is 1. The molecule has 2 rings (SSSR count). The van der Waals surface area contributed by atoms with Crippen molar-refractivity contribution in [2.24, 2.45) is 0 Å². The van der Waals surface area contributed by atoms with Gasteiger partial charge in [0, 0.05) is 43.2 Å². The monoisotopic (exact) mass is 280 g/mol. The number of carboxylic acids is 1. The van der Waals surface area contributed by atoms with E-state index in [0.29, 0.717) is 6.04 Å². The van der Waals surface area contributed by atoms with Gasteiger partial charge in [-0.05, 0) is 37.1 Å². The van der Waals surface area contributed by atoms with Crippen molar-refractivity contribution < 1.29 is 9.90 Å². The van der Waals surface area contributed by atoms with Crippen LogP contribution in [0.4, 0.5) is 0 Å². The van der Waals surface area contributed by atoms with Gasteiger partial charge in [0.2, 0.25) is 0 Å². The molecule has 0 spiro atoms. The number of hydrogen-bond donors (Lipinski definition) is 1. The molecule has 1 N–H and O–H groups in total. The number of aliphatic carboxylic acids is 1. The van der Waals surface area contributed by atoms with Crippen LogP contribution in [0.1, 0.15) is 17.4 Å². The van der Waals surface area contributed by atoms with Crippen LogP contribution in [0, 0.1) is 0 Å². The summed E-state index contributed by atoms with van der Waals surface area (Å²) in [5.41, 5.74) is 0.976. The van der Waals surface area contributed by atoms with Crippen molar-refractivity contribution in [2.45, 2.75) is 19.5 Å². The molecular weight excluding hydrogens is 260 g/mol. The lowest BCUT2D eigenvalue weighted by Crippen LogP contribution is -2.49. The van der Waals surface area contributed by atoms with Gasteiger partial charge in [-0.25, -0.2) is 4.79 Å². The van der Waals surface area contributed by atoms with E-state index in [0.717, 1.165) is 31.7 Å². The third kappa shape index (κ3) is 4.16. The highest BCUT2D eigenvalue weighted by atomic mass is 32.1. The number of carbonyl (C=O) groups is 1. The molecule has 1 unspecified atom stereocenters. The normalized spacial score (nSPS) is 22.1. The molecule has 104 valence electrons. The van der Waals surface area contributed by atoms with E-state index in [1.807, 2.05) is 5.38 Å². The SMILES string of the molecule is CC1CN(Cc2cc(C=CC(=O)O)cs2)CCN1C. The van der Waals surface area contributed by atoms with Crippen LogP contribution >= 0.6 is 11.3 Å². The molecule has 0 bridgehead atoms. The lowest BCUT2D eigenvalue weighted by Gasteiger charge is -2.37. The molecule has 4 nitrogen and oxygen atoms in total. The lowest BCUT2D eigenvalue weighted by molar-refractivity contribution is -0.131. The smallest absolute Gasteiger partial charge is 0.328 e. The number of thiophene rings is 1. The van der Waals surface area contributed by atoms with E-state index in [9.17, 15) is 4.79 Å². The molecule has 0 radical (unpaired) electrons. The molecule has 1 fully saturated rings. The second kappa shape index (κ2) is 6.32. The molecule has 1 aliphatic heterocycles. The fraction of sp³-hybridized carbons (Fsp3) is 0.500. The number of hydrogen-bond acceptors (Lipinski definition) is 4. The predicted molar refractivity (Wildman–Crippen MR) is 78.4 cm³/mol. The third-order valence-corrected chi connectivity index (χ3v) is 4.46.